The lowest BCUT2D eigenvalue weighted by atomic mass is 10.1. The van der Waals surface area contributed by atoms with Gasteiger partial charge in [-0.25, -0.2) is 0 Å². The highest BCUT2D eigenvalue weighted by molar-refractivity contribution is 5.95. The van der Waals surface area contributed by atoms with Crippen molar-refractivity contribution in [2.45, 2.75) is 38.9 Å². The van der Waals surface area contributed by atoms with Crippen LogP contribution in [0, 0.1) is 0 Å². The van der Waals surface area contributed by atoms with Crippen molar-refractivity contribution in [1.82, 2.24) is 0 Å². The van der Waals surface area contributed by atoms with Crippen LogP contribution < -0.4 is 4.74 Å². The van der Waals surface area contributed by atoms with E-state index in [4.69, 9.17) is 4.74 Å². The summed E-state index contributed by atoms with van der Waals surface area (Å²) in [5.41, 5.74) is 0. The average Bonchev–Trinajstić information content (AvgIpc) is 2.39. The summed E-state index contributed by atoms with van der Waals surface area (Å²) in [5.74, 6) is -0.308. The second-order valence-electron chi connectivity index (χ2n) is 4.43. The zero-order chi connectivity index (χ0) is 15.0. The molecule has 0 aliphatic rings. The van der Waals surface area contributed by atoms with Crippen LogP contribution in [0.5, 0.6) is 5.75 Å². The number of ether oxygens (including phenoxy) is 2. The van der Waals surface area contributed by atoms with Crippen LogP contribution in [0.15, 0.2) is 30.3 Å². The average molecular weight is 280 g/mol. The van der Waals surface area contributed by atoms with E-state index in [1.807, 2.05) is 18.2 Å². The molecule has 5 heteroatoms. The molecule has 1 aromatic carbocycles. The summed E-state index contributed by atoms with van der Waals surface area (Å²) in [4.78, 5) is 22.7. The van der Waals surface area contributed by atoms with Crippen LogP contribution in [-0.4, -0.2) is 35.7 Å². The van der Waals surface area contributed by atoms with Crippen LogP contribution in [0.3, 0.4) is 0 Å². The van der Waals surface area contributed by atoms with Crippen LogP contribution in [-0.2, 0) is 14.3 Å². The van der Waals surface area contributed by atoms with E-state index in [0.717, 1.165) is 0 Å². The predicted molar refractivity (Wildman–Crippen MR) is 73.4 cm³/mol. The van der Waals surface area contributed by atoms with E-state index < -0.39 is 18.2 Å². The normalized spacial score (nSPS) is 13.3. The maximum atomic E-state index is 11.6. The monoisotopic (exact) mass is 280 g/mol. The Kier molecular flexibility index (Phi) is 6.73. The van der Waals surface area contributed by atoms with Crippen molar-refractivity contribution in [3.05, 3.63) is 30.3 Å². The highest BCUT2D eigenvalue weighted by atomic mass is 16.5. The molecule has 0 heterocycles. The number of aliphatic hydroxyl groups is 1. The van der Waals surface area contributed by atoms with E-state index >= 15 is 0 Å². The summed E-state index contributed by atoms with van der Waals surface area (Å²) >= 11 is 0. The maximum absolute atomic E-state index is 11.6. The van der Waals surface area contributed by atoms with Gasteiger partial charge >= 0.3 is 5.97 Å². The molecule has 1 aromatic rings. The molecule has 0 aliphatic carbocycles. The maximum Gasteiger partial charge on any atom is 0.313 e. The van der Waals surface area contributed by atoms with Crippen molar-refractivity contribution in [1.29, 1.82) is 0 Å². The topological polar surface area (TPSA) is 72.8 Å². The van der Waals surface area contributed by atoms with Crippen LogP contribution >= 0.6 is 0 Å². The van der Waals surface area contributed by atoms with Crippen LogP contribution in [0.2, 0.25) is 0 Å². The summed E-state index contributed by atoms with van der Waals surface area (Å²) in [6.07, 6.45) is -1.95. The summed E-state index contributed by atoms with van der Waals surface area (Å²) in [6.45, 7) is 3.59. The molecule has 2 unspecified atom stereocenters. The highest BCUT2D eigenvalue weighted by Gasteiger charge is 2.21. The number of hydrogen-bond donors (Lipinski definition) is 1. The molecule has 0 radical (unpaired) electrons. The molecule has 1 rings (SSSR count). The Hall–Kier alpha value is -1.88. The van der Waals surface area contributed by atoms with Gasteiger partial charge in [-0.2, -0.15) is 0 Å². The highest BCUT2D eigenvalue weighted by Crippen LogP contribution is 2.14. The van der Waals surface area contributed by atoms with Gasteiger partial charge in [0, 0.05) is 6.42 Å². The third-order valence-corrected chi connectivity index (χ3v) is 2.69. The molecule has 110 valence electrons. The minimum Gasteiger partial charge on any atom is -0.488 e. The number of hydrogen-bond acceptors (Lipinski definition) is 5. The Morgan fingerprint density at radius 1 is 1.25 bits per heavy atom. The second kappa shape index (κ2) is 8.32. The fourth-order valence-corrected chi connectivity index (χ4v) is 1.64. The van der Waals surface area contributed by atoms with Gasteiger partial charge in [-0.15, -0.1) is 0 Å². The molecule has 20 heavy (non-hydrogen) atoms. The Balaban J connectivity index is 2.39. The minimum absolute atomic E-state index is 0.132. The fraction of sp³-hybridized carbons (Fsp3) is 0.467. The summed E-state index contributed by atoms with van der Waals surface area (Å²) in [7, 11) is 0. The number of carbonyl (C=O) groups excluding carboxylic acids is 2. The van der Waals surface area contributed by atoms with Gasteiger partial charge in [0.2, 0.25) is 0 Å². The lowest BCUT2D eigenvalue weighted by Crippen LogP contribution is -2.31. The number of rotatable bonds is 8. The van der Waals surface area contributed by atoms with E-state index in [0.29, 0.717) is 5.75 Å². The third kappa shape index (κ3) is 5.84. The van der Waals surface area contributed by atoms with Crippen molar-refractivity contribution in [2.75, 3.05) is 6.61 Å². The third-order valence-electron chi connectivity index (χ3n) is 2.69. The molecule has 0 saturated heterocycles. The standard InChI is InChI=1S/C15H20O5/c1-3-19-15(18)10-12(16)9-14(17)11(2)20-13-7-5-4-6-8-13/h4-8,11,14,17H,3,9-10H2,1-2H3. The minimum atomic E-state index is -0.961. The molecule has 0 spiro atoms. The molecular weight excluding hydrogens is 260 g/mol. The fourth-order valence-electron chi connectivity index (χ4n) is 1.64. The number of esters is 1. The molecule has 0 bridgehead atoms. The number of ketones is 1. The number of benzene rings is 1. The SMILES string of the molecule is CCOC(=O)CC(=O)CC(O)C(C)Oc1ccccc1. The van der Waals surface area contributed by atoms with E-state index in [2.05, 4.69) is 4.74 Å². The van der Waals surface area contributed by atoms with Gasteiger partial charge in [0.05, 0.1) is 12.7 Å². The smallest absolute Gasteiger partial charge is 0.313 e. The number of carbonyl (C=O) groups is 2. The zero-order valence-corrected chi connectivity index (χ0v) is 11.7. The lowest BCUT2D eigenvalue weighted by Gasteiger charge is -2.19. The summed E-state index contributed by atoms with van der Waals surface area (Å²) in [6, 6.07) is 9.03. The van der Waals surface area contributed by atoms with Crippen molar-refractivity contribution >= 4 is 11.8 Å². The number of para-hydroxylation sites is 1. The lowest BCUT2D eigenvalue weighted by molar-refractivity contribution is -0.146. The molecule has 0 fully saturated rings. The molecule has 0 saturated carbocycles. The quantitative estimate of drug-likeness (QED) is 0.580. The van der Waals surface area contributed by atoms with E-state index in [-0.39, 0.29) is 25.2 Å². The summed E-state index contributed by atoms with van der Waals surface area (Å²) in [5, 5.41) is 9.89. The van der Waals surface area contributed by atoms with E-state index in [1.54, 1.807) is 26.0 Å². The first-order chi connectivity index (χ1) is 9.52. The van der Waals surface area contributed by atoms with Gasteiger partial charge in [0.15, 0.2) is 0 Å². The largest absolute Gasteiger partial charge is 0.488 e. The number of aliphatic hydroxyl groups excluding tert-OH is 1. The predicted octanol–water partition coefficient (Wildman–Crippen LogP) is 1.73. The molecule has 5 nitrogen and oxygen atoms in total. The van der Waals surface area contributed by atoms with Crippen molar-refractivity contribution in [3.8, 4) is 5.75 Å². The molecule has 0 aromatic heterocycles. The van der Waals surface area contributed by atoms with Crippen molar-refractivity contribution < 1.29 is 24.2 Å². The van der Waals surface area contributed by atoms with Gasteiger partial charge in [-0.05, 0) is 26.0 Å². The first-order valence-corrected chi connectivity index (χ1v) is 6.60. The molecule has 0 aliphatic heterocycles. The first-order valence-electron chi connectivity index (χ1n) is 6.60. The van der Waals surface area contributed by atoms with Gasteiger partial charge in [-0.1, -0.05) is 18.2 Å². The Morgan fingerprint density at radius 2 is 1.90 bits per heavy atom. The van der Waals surface area contributed by atoms with Crippen molar-refractivity contribution in [2.24, 2.45) is 0 Å². The molecule has 2 atom stereocenters. The second-order valence-corrected chi connectivity index (χ2v) is 4.43. The summed E-state index contributed by atoms with van der Waals surface area (Å²) < 4.78 is 10.2. The van der Waals surface area contributed by atoms with Crippen LogP contribution in [0.25, 0.3) is 0 Å². The van der Waals surface area contributed by atoms with Gasteiger partial charge in [-0.3, -0.25) is 9.59 Å². The molecule has 1 N–H and O–H groups in total. The van der Waals surface area contributed by atoms with Crippen LogP contribution in [0.4, 0.5) is 0 Å². The van der Waals surface area contributed by atoms with E-state index in [9.17, 15) is 14.7 Å². The van der Waals surface area contributed by atoms with Gasteiger partial charge in [0.25, 0.3) is 0 Å². The first kappa shape index (κ1) is 16.2. The van der Waals surface area contributed by atoms with Crippen molar-refractivity contribution in [3.63, 3.8) is 0 Å². The van der Waals surface area contributed by atoms with Gasteiger partial charge in [0.1, 0.15) is 24.1 Å². The van der Waals surface area contributed by atoms with Crippen LogP contribution in [0.1, 0.15) is 26.7 Å². The Bertz CT molecular complexity index is 429. The Morgan fingerprint density at radius 3 is 2.50 bits per heavy atom. The number of Topliss-reactive ketones (excluding diaryl/α,β-unsaturated/α-hetero) is 1. The molecular formula is C15H20O5. The molecule has 0 amide bonds. The van der Waals surface area contributed by atoms with E-state index in [1.165, 1.54) is 0 Å². The van der Waals surface area contributed by atoms with Gasteiger partial charge < -0.3 is 14.6 Å². The Labute approximate surface area is 118 Å². The zero-order valence-electron chi connectivity index (χ0n) is 11.7.